The minimum atomic E-state index is -0.599. The summed E-state index contributed by atoms with van der Waals surface area (Å²) in [7, 11) is 0. The SMILES string of the molecule is CCCn1ncnc1CC(C)(O)C1CC1. The highest BCUT2D eigenvalue weighted by Gasteiger charge is 2.40. The van der Waals surface area contributed by atoms with Crippen LogP contribution >= 0.6 is 0 Å². The number of aryl methyl sites for hydroxylation is 1. The van der Waals surface area contributed by atoms with Crippen LogP contribution in [-0.2, 0) is 13.0 Å². The van der Waals surface area contributed by atoms with Gasteiger partial charge >= 0.3 is 0 Å². The maximum atomic E-state index is 10.2. The summed E-state index contributed by atoms with van der Waals surface area (Å²) in [6, 6.07) is 0. The van der Waals surface area contributed by atoms with Crippen molar-refractivity contribution in [1.29, 1.82) is 0 Å². The van der Waals surface area contributed by atoms with Crippen LogP contribution in [0, 0.1) is 5.92 Å². The van der Waals surface area contributed by atoms with Gasteiger partial charge in [0, 0.05) is 13.0 Å². The van der Waals surface area contributed by atoms with Crippen LogP contribution in [0.1, 0.15) is 38.9 Å². The molecule has 0 amide bonds. The Labute approximate surface area is 90.3 Å². The number of aliphatic hydroxyl groups is 1. The predicted molar refractivity (Wildman–Crippen MR) is 57.4 cm³/mol. The molecule has 1 aliphatic carbocycles. The summed E-state index contributed by atoms with van der Waals surface area (Å²) in [5.74, 6) is 1.37. The van der Waals surface area contributed by atoms with Gasteiger partial charge in [-0.3, -0.25) is 4.68 Å². The van der Waals surface area contributed by atoms with E-state index < -0.39 is 5.60 Å². The highest BCUT2D eigenvalue weighted by atomic mass is 16.3. The van der Waals surface area contributed by atoms with E-state index in [1.54, 1.807) is 6.33 Å². The summed E-state index contributed by atoms with van der Waals surface area (Å²) < 4.78 is 1.90. The number of hydrogen-bond acceptors (Lipinski definition) is 3. The highest BCUT2D eigenvalue weighted by molar-refractivity contribution is 4.99. The van der Waals surface area contributed by atoms with Crippen molar-refractivity contribution in [2.45, 2.75) is 51.7 Å². The minimum Gasteiger partial charge on any atom is -0.389 e. The van der Waals surface area contributed by atoms with E-state index in [1.807, 2.05) is 11.6 Å². The molecule has 0 saturated heterocycles. The number of aromatic nitrogens is 3. The van der Waals surface area contributed by atoms with E-state index in [1.165, 1.54) is 0 Å². The van der Waals surface area contributed by atoms with Gasteiger partial charge in [-0.05, 0) is 32.1 Å². The van der Waals surface area contributed by atoms with Gasteiger partial charge in [-0.1, -0.05) is 6.92 Å². The van der Waals surface area contributed by atoms with Crippen LogP contribution in [0.15, 0.2) is 6.33 Å². The Morgan fingerprint density at radius 1 is 1.60 bits per heavy atom. The first kappa shape index (κ1) is 10.6. The third-order valence-electron chi connectivity index (χ3n) is 3.10. The molecule has 0 spiro atoms. The molecule has 1 heterocycles. The molecule has 0 aliphatic heterocycles. The molecule has 1 unspecified atom stereocenters. The lowest BCUT2D eigenvalue weighted by Gasteiger charge is -2.22. The van der Waals surface area contributed by atoms with Crippen molar-refractivity contribution < 1.29 is 5.11 Å². The van der Waals surface area contributed by atoms with Crippen molar-refractivity contribution in [2.75, 3.05) is 0 Å². The molecule has 84 valence electrons. The van der Waals surface area contributed by atoms with Crippen LogP contribution in [0.2, 0.25) is 0 Å². The molecular weight excluding hydrogens is 190 g/mol. The molecule has 1 saturated carbocycles. The molecule has 15 heavy (non-hydrogen) atoms. The second kappa shape index (κ2) is 3.93. The summed E-state index contributed by atoms with van der Waals surface area (Å²) in [4.78, 5) is 4.22. The van der Waals surface area contributed by atoms with E-state index >= 15 is 0 Å². The standard InChI is InChI=1S/C11H19N3O/c1-3-6-14-10(12-8-13-14)7-11(2,15)9-4-5-9/h8-9,15H,3-7H2,1-2H3. The molecule has 4 nitrogen and oxygen atoms in total. The second-order valence-electron chi connectivity index (χ2n) is 4.71. The fraction of sp³-hybridized carbons (Fsp3) is 0.818. The van der Waals surface area contributed by atoms with Gasteiger partial charge in [0.25, 0.3) is 0 Å². The van der Waals surface area contributed by atoms with Gasteiger partial charge < -0.3 is 5.11 Å². The first-order valence-electron chi connectivity index (χ1n) is 5.72. The van der Waals surface area contributed by atoms with Crippen molar-refractivity contribution in [3.05, 3.63) is 12.2 Å². The van der Waals surface area contributed by atoms with E-state index in [0.29, 0.717) is 12.3 Å². The van der Waals surface area contributed by atoms with Crippen molar-refractivity contribution in [3.63, 3.8) is 0 Å². The average Bonchev–Trinajstić information content (AvgIpc) is 2.93. The van der Waals surface area contributed by atoms with Gasteiger partial charge in [0.2, 0.25) is 0 Å². The molecule has 0 aromatic carbocycles. The summed E-state index contributed by atoms with van der Waals surface area (Å²) in [5, 5.41) is 14.4. The lowest BCUT2D eigenvalue weighted by atomic mass is 9.96. The molecule has 0 bridgehead atoms. The topological polar surface area (TPSA) is 50.9 Å². The van der Waals surface area contributed by atoms with Crippen LogP contribution in [0.5, 0.6) is 0 Å². The van der Waals surface area contributed by atoms with Crippen LogP contribution in [0.25, 0.3) is 0 Å². The van der Waals surface area contributed by atoms with E-state index in [2.05, 4.69) is 17.0 Å². The Bertz CT molecular complexity index is 328. The quantitative estimate of drug-likeness (QED) is 0.797. The Kier molecular flexibility index (Phi) is 2.78. The lowest BCUT2D eigenvalue weighted by molar-refractivity contribution is 0.0341. The summed E-state index contributed by atoms with van der Waals surface area (Å²) in [6.07, 6.45) is 5.54. The van der Waals surface area contributed by atoms with E-state index in [4.69, 9.17) is 0 Å². The van der Waals surface area contributed by atoms with Crippen LogP contribution < -0.4 is 0 Å². The molecule has 2 rings (SSSR count). The first-order chi connectivity index (χ1) is 7.13. The van der Waals surface area contributed by atoms with Crippen LogP contribution in [-0.4, -0.2) is 25.5 Å². The Morgan fingerprint density at radius 2 is 2.33 bits per heavy atom. The van der Waals surface area contributed by atoms with Gasteiger partial charge in [0.05, 0.1) is 5.60 Å². The Balaban J connectivity index is 2.05. The fourth-order valence-electron chi connectivity index (χ4n) is 1.99. The third kappa shape index (κ3) is 2.37. The summed E-state index contributed by atoms with van der Waals surface area (Å²) in [6.45, 7) is 4.91. The monoisotopic (exact) mass is 209 g/mol. The maximum Gasteiger partial charge on any atom is 0.138 e. The molecule has 0 radical (unpaired) electrons. The molecule has 1 atom stereocenters. The van der Waals surface area contributed by atoms with Gasteiger partial charge in [-0.25, -0.2) is 4.98 Å². The Hall–Kier alpha value is -0.900. The molecular formula is C11H19N3O. The zero-order chi connectivity index (χ0) is 10.9. The zero-order valence-electron chi connectivity index (χ0n) is 9.48. The number of hydrogen-bond donors (Lipinski definition) is 1. The molecule has 1 aromatic rings. The van der Waals surface area contributed by atoms with Crippen LogP contribution in [0.4, 0.5) is 0 Å². The van der Waals surface area contributed by atoms with Gasteiger partial charge in [-0.15, -0.1) is 0 Å². The average molecular weight is 209 g/mol. The van der Waals surface area contributed by atoms with E-state index in [9.17, 15) is 5.11 Å². The normalized spacial score (nSPS) is 20.2. The predicted octanol–water partition coefficient (Wildman–Crippen LogP) is 1.39. The van der Waals surface area contributed by atoms with Crippen molar-refractivity contribution in [3.8, 4) is 0 Å². The first-order valence-corrected chi connectivity index (χ1v) is 5.72. The van der Waals surface area contributed by atoms with Gasteiger partial charge in [0.15, 0.2) is 0 Å². The second-order valence-corrected chi connectivity index (χ2v) is 4.71. The molecule has 1 aliphatic rings. The molecule has 1 aromatic heterocycles. The number of nitrogens with zero attached hydrogens (tertiary/aromatic N) is 3. The van der Waals surface area contributed by atoms with Crippen molar-refractivity contribution in [1.82, 2.24) is 14.8 Å². The van der Waals surface area contributed by atoms with Crippen LogP contribution in [0.3, 0.4) is 0 Å². The lowest BCUT2D eigenvalue weighted by Crippen LogP contribution is -2.31. The fourth-order valence-corrected chi connectivity index (χ4v) is 1.99. The largest absolute Gasteiger partial charge is 0.389 e. The maximum absolute atomic E-state index is 10.2. The van der Waals surface area contributed by atoms with E-state index in [0.717, 1.165) is 31.6 Å². The number of rotatable bonds is 5. The van der Waals surface area contributed by atoms with Gasteiger partial charge in [-0.2, -0.15) is 5.10 Å². The molecule has 1 N–H and O–H groups in total. The van der Waals surface area contributed by atoms with Crippen molar-refractivity contribution >= 4 is 0 Å². The minimum absolute atomic E-state index is 0.462. The smallest absolute Gasteiger partial charge is 0.138 e. The summed E-state index contributed by atoms with van der Waals surface area (Å²) >= 11 is 0. The summed E-state index contributed by atoms with van der Waals surface area (Å²) in [5.41, 5.74) is -0.599. The Morgan fingerprint density at radius 3 is 2.93 bits per heavy atom. The zero-order valence-corrected chi connectivity index (χ0v) is 9.48. The third-order valence-corrected chi connectivity index (χ3v) is 3.10. The molecule has 4 heteroatoms. The molecule has 1 fully saturated rings. The van der Waals surface area contributed by atoms with Gasteiger partial charge in [0.1, 0.15) is 12.2 Å². The highest BCUT2D eigenvalue weighted by Crippen LogP contribution is 2.40. The van der Waals surface area contributed by atoms with Crippen molar-refractivity contribution in [2.24, 2.45) is 5.92 Å². The van der Waals surface area contributed by atoms with E-state index in [-0.39, 0.29) is 0 Å².